The van der Waals surface area contributed by atoms with Gasteiger partial charge in [-0.1, -0.05) is 25.1 Å². The van der Waals surface area contributed by atoms with Crippen molar-refractivity contribution in [2.45, 2.75) is 24.3 Å². The summed E-state index contributed by atoms with van der Waals surface area (Å²) in [5.41, 5.74) is 1.08. The van der Waals surface area contributed by atoms with E-state index in [1.54, 1.807) is 25.1 Å². The van der Waals surface area contributed by atoms with Gasteiger partial charge in [0, 0.05) is 24.2 Å². The molecule has 2 N–H and O–H groups in total. The Hall–Kier alpha value is -3.40. The van der Waals surface area contributed by atoms with Gasteiger partial charge in [0.1, 0.15) is 16.5 Å². The van der Waals surface area contributed by atoms with Crippen molar-refractivity contribution in [1.82, 2.24) is 15.5 Å². The molecule has 0 bridgehead atoms. The van der Waals surface area contributed by atoms with Gasteiger partial charge in [-0.15, -0.1) is 4.40 Å². The first-order valence-electron chi connectivity index (χ1n) is 9.05. The maximum atomic E-state index is 14.8. The highest BCUT2D eigenvalue weighted by atomic mass is 32.2. The molecule has 0 radical (unpaired) electrons. The Balaban J connectivity index is 1.73. The number of halogens is 2. The number of guanidine groups is 1. The number of aromatic nitrogens is 2. The minimum atomic E-state index is -4.09. The number of nitrogens with one attached hydrogen (secondary N) is 2. The van der Waals surface area contributed by atoms with Crippen LogP contribution in [0, 0.1) is 11.6 Å². The average Bonchev–Trinajstić information content (AvgIpc) is 2.72. The maximum absolute atomic E-state index is 14.8. The lowest BCUT2D eigenvalue weighted by Crippen LogP contribution is -2.35. The SMILES string of the molecule is CC(c1ccccc1F)c1c(F)ccc2c1NC(NCc1ccnnc1)=NS2(=O)=O. The fourth-order valence-electron chi connectivity index (χ4n) is 3.32. The summed E-state index contributed by atoms with van der Waals surface area (Å²) in [7, 11) is -4.09. The fraction of sp³-hybridized carbons (Fsp3) is 0.150. The Morgan fingerprint density at radius 1 is 1.07 bits per heavy atom. The van der Waals surface area contributed by atoms with Crippen molar-refractivity contribution in [3.63, 3.8) is 0 Å². The molecule has 0 amide bonds. The van der Waals surface area contributed by atoms with Crippen LogP contribution in [0.4, 0.5) is 14.5 Å². The minimum absolute atomic E-state index is 0.0381. The van der Waals surface area contributed by atoms with Gasteiger partial charge in [-0.05, 0) is 35.4 Å². The summed E-state index contributed by atoms with van der Waals surface area (Å²) >= 11 is 0. The molecule has 2 aromatic carbocycles. The summed E-state index contributed by atoms with van der Waals surface area (Å²) in [6.45, 7) is 1.84. The molecular weight excluding hydrogens is 412 g/mol. The molecule has 1 aliphatic heterocycles. The number of nitrogens with zero attached hydrogens (tertiary/aromatic N) is 3. The monoisotopic (exact) mass is 429 g/mol. The minimum Gasteiger partial charge on any atom is -0.351 e. The third-order valence-electron chi connectivity index (χ3n) is 4.80. The number of fused-ring (bicyclic) bond motifs is 1. The van der Waals surface area contributed by atoms with Gasteiger partial charge in [0.2, 0.25) is 5.96 Å². The molecule has 1 atom stereocenters. The van der Waals surface area contributed by atoms with Gasteiger partial charge in [-0.3, -0.25) is 0 Å². The first-order valence-corrected chi connectivity index (χ1v) is 10.5. The summed E-state index contributed by atoms with van der Waals surface area (Å²) in [5.74, 6) is -1.95. The Morgan fingerprint density at radius 2 is 1.87 bits per heavy atom. The first kappa shape index (κ1) is 19.9. The highest BCUT2D eigenvalue weighted by molar-refractivity contribution is 7.90. The van der Waals surface area contributed by atoms with E-state index in [0.29, 0.717) is 0 Å². The molecule has 154 valence electrons. The molecule has 2 heterocycles. The third kappa shape index (κ3) is 3.73. The number of hydrogen-bond acceptors (Lipinski definition) is 6. The molecule has 4 rings (SSSR count). The summed E-state index contributed by atoms with van der Waals surface area (Å²) in [6, 6.07) is 9.91. The zero-order chi connectivity index (χ0) is 21.3. The maximum Gasteiger partial charge on any atom is 0.287 e. The van der Waals surface area contributed by atoms with E-state index in [9.17, 15) is 17.2 Å². The summed E-state index contributed by atoms with van der Waals surface area (Å²) in [6.07, 6.45) is 3.02. The second-order valence-corrected chi connectivity index (χ2v) is 8.29. The van der Waals surface area contributed by atoms with Crippen LogP contribution < -0.4 is 10.6 Å². The number of rotatable bonds is 4. The summed E-state index contributed by atoms with van der Waals surface area (Å²) in [5, 5.41) is 13.2. The van der Waals surface area contributed by atoms with E-state index < -0.39 is 27.6 Å². The molecule has 0 fully saturated rings. The van der Waals surface area contributed by atoms with E-state index in [1.807, 2.05) is 0 Å². The van der Waals surface area contributed by atoms with E-state index in [0.717, 1.165) is 17.7 Å². The Labute approximate surface area is 171 Å². The quantitative estimate of drug-likeness (QED) is 0.661. The van der Waals surface area contributed by atoms with Gasteiger partial charge < -0.3 is 10.6 Å². The van der Waals surface area contributed by atoms with E-state index in [1.165, 1.54) is 24.5 Å². The Morgan fingerprint density at radius 3 is 2.60 bits per heavy atom. The highest BCUT2D eigenvalue weighted by Gasteiger charge is 2.31. The molecule has 0 saturated carbocycles. The molecule has 10 heteroatoms. The molecule has 1 aliphatic rings. The molecule has 30 heavy (non-hydrogen) atoms. The standard InChI is InChI=1S/C20H17F2N5O2S/c1-12(14-4-2-3-5-15(14)21)18-16(22)6-7-17-19(18)26-20(27-30(17,28)29)23-10-13-8-9-24-25-11-13/h2-9,11-12H,10H2,1H3,(H2,23,26,27). The summed E-state index contributed by atoms with van der Waals surface area (Å²) in [4.78, 5) is -0.168. The average molecular weight is 429 g/mol. The smallest absolute Gasteiger partial charge is 0.287 e. The molecule has 7 nitrogen and oxygen atoms in total. The van der Waals surface area contributed by atoms with E-state index in [4.69, 9.17) is 0 Å². The molecule has 3 aromatic rings. The van der Waals surface area contributed by atoms with Crippen molar-refractivity contribution < 1.29 is 17.2 Å². The predicted octanol–water partition coefficient (Wildman–Crippen LogP) is 3.17. The van der Waals surface area contributed by atoms with E-state index in [-0.39, 0.29) is 34.2 Å². The lowest BCUT2D eigenvalue weighted by Gasteiger charge is -2.25. The van der Waals surface area contributed by atoms with Crippen LogP contribution in [0.3, 0.4) is 0 Å². The second kappa shape index (κ2) is 7.79. The molecule has 0 spiro atoms. The lowest BCUT2D eigenvalue weighted by molar-refractivity contribution is 0.578. The molecular formula is C20H17F2N5O2S. The lowest BCUT2D eigenvalue weighted by atomic mass is 9.91. The number of benzene rings is 2. The topological polar surface area (TPSA) is 96.3 Å². The molecule has 0 saturated heterocycles. The van der Waals surface area contributed by atoms with Crippen molar-refractivity contribution >= 4 is 21.7 Å². The first-order chi connectivity index (χ1) is 14.4. The second-order valence-electron chi connectivity index (χ2n) is 6.72. The van der Waals surface area contributed by atoms with Crippen molar-refractivity contribution in [2.75, 3.05) is 5.32 Å². The normalized spacial score (nSPS) is 15.5. The van der Waals surface area contributed by atoms with Crippen LogP contribution in [0.15, 0.2) is 64.2 Å². The number of hydrogen-bond donors (Lipinski definition) is 2. The van der Waals surface area contributed by atoms with Gasteiger partial charge in [0.15, 0.2) is 0 Å². The molecule has 0 aliphatic carbocycles. The van der Waals surface area contributed by atoms with Crippen molar-refractivity contribution in [3.05, 3.63) is 83.2 Å². The van der Waals surface area contributed by atoms with Gasteiger partial charge in [-0.2, -0.15) is 18.6 Å². The molecule has 1 unspecified atom stereocenters. The van der Waals surface area contributed by atoms with Crippen molar-refractivity contribution in [1.29, 1.82) is 0 Å². The van der Waals surface area contributed by atoms with Gasteiger partial charge in [0.05, 0.1) is 11.9 Å². The van der Waals surface area contributed by atoms with Crippen LogP contribution in [0.1, 0.15) is 29.5 Å². The molecule has 1 aromatic heterocycles. The van der Waals surface area contributed by atoms with Gasteiger partial charge >= 0.3 is 0 Å². The zero-order valence-electron chi connectivity index (χ0n) is 15.8. The van der Waals surface area contributed by atoms with Gasteiger partial charge in [-0.25, -0.2) is 8.78 Å². The number of anilines is 1. The summed E-state index contributed by atoms with van der Waals surface area (Å²) < 4.78 is 58.3. The van der Waals surface area contributed by atoms with E-state index >= 15 is 0 Å². The third-order valence-corrected chi connectivity index (χ3v) is 6.12. The highest BCUT2D eigenvalue weighted by Crippen LogP contribution is 2.39. The van der Waals surface area contributed by atoms with Crippen LogP contribution in [-0.4, -0.2) is 24.6 Å². The van der Waals surface area contributed by atoms with Crippen molar-refractivity contribution in [2.24, 2.45) is 4.40 Å². The van der Waals surface area contributed by atoms with E-state index in [2.05, 4.69) is 25.2 Å². The Kier molecular flexibility index (Phi) is 5.17. The zero-order valence-corrected chi connectivity index (χ0v) is 16.6. The van der Waals surface area contributed by atoms with Crippen LogP contribution >= 0.6 is 0 Å². The van der Waals surface area contributed by atoms with Gasteiger partial charge in [0.25, 0.3) is 10.0 Å². The fourth-order valence-corrected chi connectivity index (χ4v) is 4.43. The van der Waals surface area contributed by atoms with Crippen molar-refractivity contribution in [3.8, 4) is 0 Å². The number of sulfonamides is 1. The Bertz CT molecular complexity index is 1230. The van der Waals surface area contributed by atoms with Crippen LogP contribution in [0.5, 0.6) is 0 Å². The van der Waals surface area contributed by atoms with Crippen LogP contribution in [0.2, 0.25) is 0 Å². The largest absolute Gasteiger partial charge is 0.351 e. The van der Waals surface area contributed by atoms with Crippen LogP contribution in [-0.2, 0) is 16.6 Å². The van der Waals surface area contributed by atoms with Crippen LogP contribution in [0.25, 0.3) is 0 Å². The predicted molar refractivity (Wildman–Crippen MR) is 107 cm³/mol.